The SMILES string of the molecule is COc1cccc([C@]2(C(=O)NCCN3CCc4ccccc4C3)C[C@@H]3CCC(=O)N3C2)c1. The third kappa shape index (κ3) is 3.77. The maximum atomic E-state index is 13.6. The van der Waals surface area contributed by atoms with Crippen LogP contribution in [0.4, 0.5) is 0 Å². The molecule has 1 N–H and O–H groups in total. The Morgan fingerprint density at radius 2 is 2.00 bits per heavy atom. The lowest BCUT2D eigenvalue weighted by atomic mass is 9.76. The molecule has 32 heavy (non-hydrogen) atoms. The van der Waals surface area contributed by atoms with Crippen molar-refractivity contribution in [2.75, 3.05) is 33.3 Å². The second-order valence-electron chi connectivity index (χ2n) is 9.28. The Balaban J connectivity index is 1.29. The van der Waals surface area contributed by atoms with Crippen LogP contribution in [0.25, 0.3) is 0 Å². The maximum absolute atomic E-state index is 13.6. The van der Waals surface area contributed by atoms with Gasteiger partial charge in [0.15, 0.2) is 0 Å². The third-order valence-corrected chi connectivity index (χ3v) is 7.46. The van der Waals surface area contributed by atoms with Crippen molar-refractivity contribution in [2.24, 2.45) is 0 Å². The molecular weight excluding hydrogens is 402 g/mol. The number of amides is 2. The minimum atomic E-state index is -0.718. The summed E-state index contributed by atoms with van der Waals surface area (Å²) >= 11 is 0. The van der Waals surface area contributed by atoms with E-state index in [4.69, 9.17) is 4.74 Å². The molecule has 0 saturated carbocycles. The van der Waals surface area contributed by atoms with Gasteiger partial charge in [-0.25, -0.2) is 0 Å². The number of carbonyl (C=O) groups excluding carboxylic acids is 2. The Morgan fingerprint density at radius 3 is 2.81 bits per heavy atom. The number of rotatable bonds is 6. The quantitative estimate of drug-likeness (QED) is 0.761. The molecule has 2 saturated heterocycles. The largest absolute Gasteiger partial charge is 0.497 e. The average Bonchev–Trinajstić information content (AvgIpc) is 3.38. The molecule has 0 spiro atoms. The smallest absolute Gasteiger partial charge is 0.232 e. The second kappa shape index (κ2) is 8.58. The lowest BCUT2D eigenvalue weighted by Gasteiger charge is -2.31. The molecule has 6 heteroatoms. The van der Waals surface area contributed by atoms with Crippen molar-refractivity contribution in [3.63, 3.8) is 0 Å². The molecule has 3 heterocycles. The van der Waals surface area contributed by atoms with Gasteiger partial charge in [-0.15, -0.1) is 0 Å². The summed E-state index contributed by atoms with van der Waals surface area (Å²) in [6.45, 7) is 3.81. The molecule has 3 aliphatic rings. The first kappa shape index (κ1) is 21.0. The molecule has 168 valence electrons. The predicted octanol–water partition coefficient (Wildman–Crippen LogP) is 2.50. The summed E-state index contributed by atoms with van der Waals surface area (Å²) in [7, 11) is 1.64. The van der Waals surface area contributed by atoms with Crippen molar-refractivity contribution in [2.45, 2.75) is 43.7 Å². The van der Waals surface area contributed by atoms with E-state index in [0.29, 0.717) is 25.9 Å². The van der Waals surface area contributed by atoms with E-state index in [0.717, 1.165) is 43.8 Å². The van der Waals surface area contributed by atoms with Gasteiger partial charge < -0.3 is 15.0 Å². The van der Waals surface area contributed by atoms with Crippen molar-refractivity contribution in [1.82, 2.24) is 15.1 Å². The first-order valence-corrected chi connectivity index (χ1v) is 11.6. The summed E-state index contributed by atoms with van der Waals surface area (Å²) < 4.78 is 5.42. The highest BCUT2D eigenvalue weighted by Gasteiger charge is 2.53. The minimum absolute atomic E-state index is 0.0189. The van der Waals surface area contributed by atoms with Crippen LogP contribution in [-0.2, 0) is 28.0 Å². The van der Waals surface area contributed by atoms with Crippen molar-refractivity contribution in [1.29, 1.82) is 0 Å². The molecule has 5 rings (SSSR count). The maximum Gasteiger partial charge on any atom is 0.232 e. The van der Waals surface area contributed by atoms with Gasteiger partial charge in [0, 0.05) is 45.2 Å². The molecule has 2 aromatic rings. The van der Waals surface area contributed by atoms with Gasteiger partial charge in [0.1, 0.15) is 5.75 Å². The summed E-state index contributed by atoms with van der Waals surface area (Å²) in [5, 5.41) is 3.22. The number of fused-ring (bicyclic) bond motifs is 2. The minimum Gasteiger partial charge on any atom is -0.497 e. The van der Waals surface area contributed by atoms with Crippen molar-refractivity contribution in [3.8, 4) is 5.75 Å². The molecule has 0 aliphatic carbocycles. The Hall–Kier alpha value is -2.86. The molecule has 6 nitrogen and oxygen atoms in total. The first-order chi connectivity index (χ1) is 15.6. The molecule has 3 aliphatic heterocycles. The number of ether oxygens (including phenoxy) is 1. The zero-order valence-electron chi connectivity index (χ0n) is 18.7. The summed E-state index contributed by atoms with van der Waals surface area (Å²) in [6.07, 6.45) is 3.16. The van der Waals surface area contributed by atoms with E-state index < -0.39 is 5.41 Å². The topological polar surface area (TPSA) is 61.9 Å². The Kier molecular flexibility index (Phi) is 5.64. The molecule has 2 amide bonds. The van der Waals surface area contributed by atoms with Crippen LogP contribution in [0.3, 0.4) is 0 Å². The van der Waals surface area contributed by atoms with Gasteiger partial charge in [0.2, 0.25) is 11.8 Å². The van der Waals surface area contributed by atoms with Crippen molar-refractivity contribution < 1.29 is 14.3 Å². The van der Waals surface area contributed by atoms with Gasteiger partial charge in [0.05, 0.1) is 12.5 Å². The fraction of sp³-hybridized carbons (Fsp3) is 0.462. The van der Waals surface area contributed by atoms with E-state index in [2.05, 4.69) is 34.5 Å². The number of carbonyl (C=O) groups is 2. The normalized spacial score (nSPS) is 24.8. The fourth-order valence-electron chi connectivity index (χ4n) is 5.65. The third-order valence-electron chi connectivity index (χ3n) is 7.46. The monoisotopic (exact) mass is 433 g/mol. The number of benzene rings is 2. The Labute approximate surface area is 189 Å². The zero-order valence-corrected chi connectivity index (χ0v) is 18.7. The van der Waals surface area contributed by atoms with Gasteiger partial charge in [-0.2, -0.15) is 0 Å². The molecule has 0 aromatic heterocycles. The van der Waals surface area contributed by atoms with Crippen LogP contribution in [-0.4, -0.2) is 60.9 Å². The molecule has 0 radical (unpaired) electrons. The first-order valence-electron chi connectivity index (χ1n) is 11.6. The highest BCUT2D eigenvalue weighted by atomic mass is 16.5. The molecule has 2 atom stereocenters. The van der Waals surface area contributed by atoms with Gasteiger partial charge in [-0.05, 0) is 48.1 Å². The van der Waals surface area contributed by atoms with Gasteiger partial charge in [-0.3, -0.25) is 14.5 Å². The number of nitrogens with one attached hydrogen (secondary N) is 1. The number of hydrogen-bond donors (Lipinski definition) is 1. The standard InChI is InChI=1S/C26H31N3O3/c1-32-23-8-4-7-21(15-23)26(16-22-9-10-24(30)29(22)18-26)25(31)27-12-14-28-13-11-19-5-2-3-6-20(19)17-28/h2-8,15,22H,9-14,16-18H2,1H3,(H,27,31)/t22-,26-/m0/s1. The summed E-state index contributed by atoms with van der Waals surface area (Å²) in [5.74, 6) is 0.921. The highest BCUT2D eigenvalue weighted by molar-refractivity contribution is 5.91. The van der Waals surface area contributed by atoms with E-state index in [-0.39, 0.29) is 17.9 Å². The van der Waals surface area contributed by atoms with Crippen molar-refractivity contribution in [3.05, 3.63) is 65.2 Å². The van der Waals surface area contributed by atoms with Crippen LogP contribution in [0, 0.1) is 0 Å². The van der Waals surface area contributed by atoms with E-state index in [1.165, 1.54) is 11.1 Å². The van der Waals surface area contributed by atoms with Crippen LogP contribution in [0.5, 0.6) is 5.75 Å². The number of hydrogen-bond acceptors (Lipinski definition) is 4. The number of nitrogens with zero attached hydrogens (tertiary/aromatic N) is 2. The summed E-state index contributed by atoms with van der Waals surface area (Å²) in [4.78, 5) is 30.4. The lowest BCUT2D eigenvalue weighted by molar-refractivity contribution is -0.129. The van der Waals surface area contributed by atoms with Crippen LogP contribution in [0.15, 0.2) is 48.5 Å². The predicted molar refractivity (Wildman–Crippen MR) is 122 cm³/mol. The Morgan fingerprint density at radius 1 is 1.16 bits per heavy atom. The van der Waals surface area contributed by atoms with E-state index >= 15 is 0 Å². The second-order valence-corrected chi connectivity index (χ2v) is 9.28. The highest BCUT2D eigenvalue weighted by Crippen LogP contribution is 2.43. The number of methoxy groups -OCH3 is 1. The lowest BCUT2D eigenvalue weighted by Crippen LogP contribution is -2.49. The van der Waals surface area contributed by atoms with Crippen LogP contribution >= 0.6 is 0 Å². The zero-order chi connectivity index (χ0) is 22.1. The fourth-order valence-corrected chi connectivity index (χ4v) is 5.65. The molecule has 0 unspecified atom stereocenters. The molecular formula is C26H31N3O3. The summed E-state index contributed by atoms with van der Waals surface area (Å²) in [6, 6.07) is 16.5. The molecule has 2 fully saturated rings. The molecule has 0 bridgehead atoms. The van der Waals surface area contributed by atoms with Crippen LogP contribution in [0.1, 0.15) is 36.0 Å². The van der Waals surface area contributed by atoms with E-state index in [9.17, 15) is 9.59 Å². The Bertz CT molecular complexity index is 1020. The van der Waals surface area contributed by atoms with Gasteiger partial charge in [0.25, 0.3) is 0 Å². The van der Waals surface area contributed by atoms with E-state index in [1.54, 1.807) is 7.11 Å². The van der Waals surface area contributed by atoms with Gasteiger partial charge in [-0.1, -0.05) is 36.4 Å². The van der Waals surface area contributed by atoms with Crippen LogP contribution < -0.4 is 10.1 Å². The van der Waals surface area contributed by atoms with E-state index in [1.807, 2.05) is 29.2 Å². The van der Waals surface area contributed by atoms with Crippen molar-refractivity contribution >= 4 is 11.8 Å². The average molecular weight is 434 g/mol. The van der Waals surface area contributed by atoms with Crippen LogP contribution in [0.2, 0.25) is 0 Å². The summed E-state index contributed by atoms with van der Waals surface area (Å²) in [5.41, 5.74) is 3.03. The van der Waals surface area contributed by atoms with Gasteiger partial charge >= 0.3 is 0 Å². The molecule has 2 aromatic carbocycles.